The lowest BCUT2D eigenvalue weighted by Crippen LogP contribution is -2.32. The lowest BCUT2D eigenvalue weighted by molar-refractivity contribution is 0.175. The second-order valence-corrected chi connectivity index (χ2v) is 6.15. The number of aryl methyl sites for hydroxylation is 1. The molecule has 0 aliphatic rings. The summed E-state index contributed by atoms with van der Waals surface area (Å²) in [6.45, 7) is 2.74. The first-order chi connectivity index (χ1) is 12.6. The van der Waals surface area contributed by atoms with Gasteiger partial charge in [-0.05, 0) is 18.1 Å². The number of amides is 2. The van der Waals surface area contributed by atoms with Gasteiger partial charge in [0, 0.05) is 18.8 Å². The van der Waals surface area contributed by atoms with Gasteiger partial charge in [0.25, 0.3) is 0 Å². The number of nitrogens with one attached hydrogen (secondary N) is 2. The number of hydrogen-bond donors (Lipinski definition) is 3. The Morgan fingerprint density at radius 2 is 1.85 bits per heavy atom. The van der Waals surface area contributed by atoms with Crippen molar-refractivity contribution in [3.63, 3.8) is 0 Å². The van der Waals surface area contributed by atoms with Gasteiger partial charge in [0.05, 0.1) is 12.6 Å². The Morgan fingerprint density at radius 1 is 1.12 bits per heavy atom. The van der Waals surface area contributed by atoms with Crippen LogP contribution in [0.15, 0.2) is 66.9 Å². The third kappa shape index (κ3) is 4.94. The molecule has 1 aromatic heterocycles. The first kappa shape index (κ1) is 17.7. The highest BCUT2D eigenvalue weighted by atomic mass is 16.3. The van der Waals surface area contributed by atoms with Gasteiger partial charge in [-0.2, -0.15) is 5.10 Å². The highest BCUT2D eigenvalue weighted by Crippen LogP contribution is 2.12. The summed E-state index contributed by atoms with van der Waals surface area (Å²) in [4.78, 5) is 12.0. The molecule has 0 radical (unpaired) electrons. The molecule has 1 heterocycles. The monoisotopic (exact) mass is 350 g/mol. The Kier molecular flexibility index (Phi) is 5.66. The zero-order valence-corrected chi connectivity index (χ0v) is 14.6. The normalized spacial score (nSPS) is 11.8. The molecule has 134 valence electrons. The Bertz CT molecular complexity index is 844. The molecular formula is C20H22N4O2. The lowest BCUT2D eigenvalue weighted by Gasteiger charge is -2.12. The van der Waals surface area contributed by atoms with Crippen LogP contribution in [-0.2, 0) is 6.54 Å². The first-order valence-electron chi connectivity index (χ1n) is 8.47. The number of rotatable bonds is 6. The van der Waals surface area contributed by atoms with Gasteiger partial charge < -0.3 is 10.4 Å². The van der Waals surface area contributed by atoms with Crippen molar-refractivity contribution >= 4 is 11.8 Å². The van der Waals surface area contributed by atoms with E-state index in [2.05, 4.69) is 15.7 Å². The lowest BCUT2D eigenvalue weighted by atomic mass is 10.1. The van der Waals surface area contributed by atoms with Crippen molar-refractivity contribution in [3.8, 4) is 0 Å². The fraction of sp³-hybridized carbons (Fsp3) is 0.200. The fourth-order valence-corrected chi connectivity index (χ4v) is 2.54. The molecule has 0 spiro atoms. The van der Waals surface area contributed by atoms with E-state index in [1.807, 2.05) is 67.7 Å². The average molecular weight is 350 g/mol. The largest absolute Gasteiger partial charge is 0.387 e. The maximum atomic E-state index is 12.0. The van der Waals surface area contributed by atoms with E-state index in [0.29, 0.717) is 12.4 Å². The molecule has 3 aromatic rings. The predicted molar refractivity (Wildman–Crippen MR) is 101 cm³/mol. The highest BCUT2D eigenvalue weighted by molar-refractivity contribution is 5.88. The molecule has 6 heteroatoms. The van der Waals surface area contributed by atoms with Crippen LogP contribution >= 0.6 is 0 Å². The van der Waals surface area contributed by atoms with Crippen molar-refractivity contribution in [2.45, 2.75) is 19.6 Å². The Balaban J connectivity index is 1.48. The molecule has 0 saturated carbocycles. The third-order valence-electron chi connectivity index (χ3n) is 3.99. The van der Waals surface area contributed by atoms with Gasteiger partial charge in [0.1, 0.15) is 0 Å². The van der Waals surface area contributed by atoms with E-state index in [4.69, 9.17) is 0 Å². The van der Waals surface area contributed by atoms with E-state index >= 15 is 0 Å². The second kappa shape index (κ2) is 8.31. The van der Waals surface area contributed by atoms with E-state index in [1.165, 1.54) is 0 Å². The smallest absolute Gasteiger partial charge is 0.320 e. The number of urea groups is 1. The molecule has 26 heavy (non-hydrogen) atoms. The van der Waals surface area contributed by atoms with Gasteiger partial charge in [-0.25, -0.2) is 4.79 Å². The second-order valence-electron chi connectivity index (χ2n) is 6.15. The molecule has 0 aliphatic heterocycles. The van der Waals surface area contributed by atoms with E-state index in [-0.39, 0.29) is 6.54 Å². The summed E-state index contributed by atoms with van der Waals surface area (Å²) >= 11 is 0. The van der Waals surface area contributed by atoms with Crippen LogP contribution in [0.25, 0.3) is 0 Å². The number of nitrogens with zero attached hydrogens (tertiary/aromatic N) is 2. The standard InChI is InChI=1S/C20H22N4O2/c1-15-7-9-17(10-8-15)18(25)13-21-20(26)22-19-11-12-24(23-19)14-16-5-3-2-4-6-16/h2-12,18,25H,13-14H2,1H3,(H2,21,22,23,26)/t18-/m0/s1. The number of benzene rings is 2. The van der Waals surface area contributed by atoms with Crippen molar-refractivity contribution in [3.05, 3.63) is 83.6 Å². The van der Waals surface area contributed by atoms with Gasteiger partial charge >= 0.3 is 6.03 Å². The topological polar surface area (TPSA) is 79.2 Å². The van der Waals surface area contributed by atoms with Crippen molar-refractivity contribution in [1.29, 1.82) is 0 Å². The van der Waals surface area contributed by atoms with E-state index in [1.54, 1.807) is 10.7 Å². The molecule has 0 fully saturated rings. The minimum atomic E-state index is -0.753. The molecule has 2 amide bonds. The molecule has 6 nitrogen and oxygen atoms in total. The number of carbonyl (C=O) groups excluding carboxylic acids is 1. The van der Waals surface area contributed by atoms with Crippen LogP contribution in [0.1, 0.15) is 22.8 Å². The van der Waals surface area contributed by atoms with Crippen LogP contribution < -0.4 is 10.6 Å². The maximum absolute atomic E-state index is 12.0. The molecule has 0 aliphatic carbocycles. The van der Waals surface area contributed by atoms with Crippen LogP contribution in [0.5, 0.6) is 0 Å². The van der Waals surface area contributed by atoms with Gasteiger partial charge in [-0.3, -0.25) is 10.00 Å². The highest BCUT2D eigenvalue weighted by Gasteiger charge is 2.10. The Labute approximate surface area is 152 Å². The molecule has 0 unspecified atom stereocenters. The Hall–Kier alpha value is -3.12. The van der Waals surface area contributed by atoms with Crippen LogP contribution in [0, 0.1) is 6.92 Å². The van der Waals surface area contributed by atoms with E-state index < -0.39 is 12.1 Å². The number of aliphatic hydroxyl groups is 1. The number of aromatic nitrogens is 2. The first-order valence-corrected chi connectivity index (χ1v) is 8.47. The zero-order chi connectivity index (χ0) is 18.4. The molecule has 0 bridgehead atoms. The van der Waals surface area contributed by atoms with E-state index in [0.717, 1.165) is 16.7 Å². The quantitative estimate of drug-likeness (QED) is 0.639. The summed E-state index contributed by atoms with van der Waals surface area (Å²) in [7, 11) is 0. The van der Waals surface area contributed by atoms with Gasteiger partial charge in [-0.15, -0.1) is 0 Å². The van der Waals surface area contributed by atoms with Crippen LogP contribution in [0.4, 0.5) is 10.6 Å². The number of hydrogen-bond acceptors (Lipinski definition) is 3. The summed E-state index contributed by atoms with van der Waals surface area (Å²) < 4.78 is 1.76. The van der Waals surface area contributed by atoms with E-state index in [9.17, 15) is 9.90 Å². The van der Waals surface area contributed by atoms with Crippen LogP contribution in [0.2, 0.25) is 0 Å². The van der Waals surface area contributed by atoms with Crippen molar-refractivity contribution < 1.29 is 9.90 Å². The Morgan fingerprint density at radius 3 is 2.58 bits per heavy atom. The SMILES string of the molecule is Cc1ccc([C@@H](O)CNC(=O)Nc2ccn(Cc3ccccc3)n2)cc1. The summed E-state index contributed by atoms with van der Waals surface area (Å²) in [5.74, 6) is 0.461. The number of anilines is 1. The molecule has 3 N–H and O–H groups in total. The molecule has 2 aromatic carbocycles. The van der Waals surface area contributed by atoms with Crippen molar-refractivity contribution in [1.82, 2.24) is 15.1 Å². The summed E-state index contributed by atoms with van der Waals surface area (Å²) in [5, 5.41) is 19.8. The molecule has 0 saturated heterocycles. The summed E-state index contributed by atoms with van der Waals surface area (Å²) in [6, 6.07) is 18.9. The van der Waals surface area contributed by atoms with Crippen molar-refractivity contribution in [2.24, 2.45) is 0 Å². The minimum absolute atomic E-state index is 0.125. The third-order valence-corrected chi connectivity index (χ3v) is 3.99. The van der Waals surface area contributed by atoms with Crippen molar-refractivity contribution in [2.75, 3.05) is 11.9 Å². The molecular weight excluding hydrogens is 328 g/mol. The molecule has 3 rings (SSSR count). The van der Waals surface area contributed by atoms with Gasteiger partial charge in [0.2, 0.25) is 0 Å². The minimum Gasteiger partial charge on any atom is -0.387 e. The summed E-state index contributed by atoms with van der Waals surface area (Å²) in [6.07, 6.45) is 1.06. The maximum Gasteiger partial charge on any atom is 0.320 e. The fourth-order valence-electron chi connectivity index (χ4n) is 2.54. The zero-order valence-electron chi connectivity index (χ0n) is 14.6. The molecule has 1 atom stereocenters. The van der Waals surface area contributed by atoms with Gasteiger partial charge in [-0.1, -0.05) is 60.2 Å². The average Bonchev–Trinajstić information content (AvgIpc) is 3.08. The summed E-state index contributed by atoms with van der Waals surface area (Å²) in [5.41, 5.74) is 3.02. The predicted octanol–water partition coefficient (Wildman–Crippen LogP) is 3.09. The van der Waals surface area contributed by atoms with Gasteiger partial charge in [0.15, 0.2) is 5.82 Å². The number of carbonyl (C=O) groups is 1. The van der Waals surface area contributed by atoms with Crippen LogP contribution in [0.3, 0.4) is 0 Å². The van der Waals surface area contributed by atoms with Crippen LogP contribution in [-0.4, -0.2) is 27.5 Å². The number of aliphatic hydroxyl groups excluding tert-OH is 1.